The van der Waals surface area contributed by atoms with Crippen LogP contribution in [0.5, 0.6) is 0 Å². The summed E-state index contributed by atoms with van der Waals surface area (Å²) in [6, 6.07) is 3.66. The van der Waals surface area contributed by atoms with Crippen molar-refractivity contribution in [2.75, 3.05) is 31.1 Å². The molecule has 0 saturated carbocycles. The lowest BCUT2D eigenvalue weighted by molar-refractivity contribution is -0.137. The highest BCUT2D eigenvalue weighted by molar-refractivity contribution is 5.86. The topological polar surface area (TPSA) is 86.3 Å². The number of anilines is 1. The number of amides is 2. The quantitative estimate of drug-likeness (QED) is 0.408. The minimum atomic E-state index is -4.58. The molecule has 3 N–H and O–H groups in total. The first-order valence-electron chi connectivity index (χ1n) is 12.6. The molecule has 0 spiro atoms. The van der Waals surface area contributed by atoms with Gasteiger partial charge in [0.1, 0.15) is 6.34 Å². The van der Waals surface area contributed by atoms with Crippen molar-refractivity contribution in [3.63, 3.8) is 0 Å². The van der Waals surface area contributed by atoms with E-state index in [0.717, 1.165) is 18.0 Å². The van der Waals surface area contributed by atoms with Gasteiger partial charge in [0.05, 0.1) is 23.1 Å². The van der Waals surface area contributed by atoms with Crippen LogP contribution in [0, 0.1) is 11.3 Å². The maximum atomic E-state index is 13.7. The number of halogens is 3. The zero-order valence-electron chi connectivity index (χ0n) is 21.7. The number of aliphatic imine (C=N–C) groups is 2. The SMILES string of the molecule is CC(N)=NC=Nc1ccc(N2CCN(C(=O)N[C@@H](C)C3=CC=CC4C=CC=CC34C)CC2)cc1C(F)(F)F. The zero-order chi connectivity index (χ0) is 27.5. The number of piperazine rings is 1. The van der Waals surface area contributed by atoms with Gasteiger partial charge in [0.25, 0.3) is 0 Å². The average Bonchev–Trinajstić information content (AvgIpc) is 2.87. The summed E-state index contributed by atoms with van der Waals surface area (Å²) in [6.45, 7) is 7.29. The molecule has 3 aliphatic rings. The van der Waals surface area contributed by atoms with Crippen LogP contribution in [0.15, 0.2) is 76.3 Å². The van der Waals surface area contributed by atoms with Gasteiger partial charge in [-0.15, -0.1) is 0 Å². The Hall–Kier alpha value is -3.82. The van der Waals surface area contributed by atoms with E-state index in [0.29, 0.717) is 31.9 Å². The van der Waals surface area contributed by atoms with Crippen molar-refractivity contribution in [2.45, 2.75) is 33.0 Å². The van der Waals surface area contributed by atoms with E-state index >= 15 is 0 Å². The van der Waals surface area contributed by atoms with Crippen LogP contribution in [0.3, 0.4) is 0 Å². The third-order valence-electron chi connectivity index (χ3n) is 7.26. The second-order valence-electron chi connectivity index (χ2n) is 9.92. The van der Waals surface area contributed by atoms with Crippen molar-refractivity contribution in [2.24, 2.45) is 27.1 Å². The van der Waals surface area contributed by atoms with Crippen LogP contribution in [0.2, 0.25) is 0 Å². The van der Waals surface area contributed by atoms with E-state index in [2.05, 4.69) is 46.5 Å². The lowest BCUT2D eigenvalue weighted by Gasteiger charge is -2.42. The van der Waals surface area contributed by atoms with Gasteiger partial charge in [-0.1, -0.05) is 49.5 Å². The third kappa shape index (κ3) is 5.84. The predicted octanol–water partition coefficient (Wildman–Crippen LogP) is 5.21. The number of allylic oxidation sites excluding steroid dienone is 7. The molecule has 1 aromatic rings. The molecule has 1 heterocycles. The summed E-state index contributed by atoms with van der Waals surface area (Å²) >= 11 is 0. The predicted molar refractivity (Wildman–Crippen MR) is 146 cm³/mol. The molecule has 0 aromatic heterocycles. The number of amidine groups is 1. The smallest absolute Gasteiger partial charge is 0.387 e. The Balaban J connectivity index is 1.40. The molecule has 2 aliphatic carbocycles. The van der Waals surface area contributed by atoms with E-state index < -0.39 is 11.7 Å². The van der Waals surface area contributed by atoms with Crippen LogP contribution >= 0.6 is 0 Å². The van der Waals surface area contributed by atoms with Crippen LogP contribution in [0.4, 0.5) is 29.3 Å². The molecule has 7 nitrogen and oxygen atoms in total. The first kappa shape index (κ1) is 27.2. The van der Waals surface area contributed by atoms with Crippen LogP contribution in [-0.2, 0) is 6.18 Å². The number of hydrogen-bond acceptors (Lipinski definition) is 3. The fraction of sp³-hybridized carbons (Fsp3) is 0.393. The molecule has 4 rings (SSSR count). The monoisotopic (exact) mass is 526 g/mol. The van der Waals surface area contributed by atoms with Crippen molar-refractivity contribution in [3.05, 3.63) is 71.9 Å². The van der Waals surface area contributed by atoms with Crippen molar-refractivity contribution >= 4 is 29.6 Å². The van der Waals surface area contributed by atoms with Gasteiger partial charge >= 0.3 is 12.2 Å². The highest BCUT2D eigenvalue weighted by Gasteiger charge is 2.38. The number of hydrogen-bond donors (Lipinski definition) is 2. The Morgan fingerprint density at radius 3 is 2.58 bits per heavy atom. The van der Waals surface area contributed by atoms with E-state index in [-0.39, 0.29) is 34.9 Å². The Bertz CT molecular complexity index is 1230. The number of rotatable bonds is 5. The molecule has 38 heavy (non-hydrogen) atoms. The van der Waals surface area contributed by atoms with E-state index in [1.165, 1.54) is 13.0 Å². The Morgan fingerprint density at radius 2 is 1.89 bits per heavy atom. The molecule has 0 bridgehead atoms. The van der Waals surface area contributed by atoms with Gasteiger partial charge in [-0.05, 0) is 37.6 Å². The first-order valence-corrected chi connectivity index (χ1v) is 12.6. The van der Waals surface area contributed by atoms with Crippen molar-refractivity contribution < 1.29 is 18.0 Å². The van der Waals surface area contributed by atoms with Gasteiger partial charge in [-0.25, -0.2) is 14.8 Å². The molecule has 2 amide bonds. The van der Waals surface area contributed by atoms with Gasteiger partial charge < -0.3 is 20.9 Å². The molecular weight excluding hydrogens is 493 g/mol. The molecular formula is C28H33F3N6O. The number of carbonyl (C=O) groups excluding carboxylic acids is 1. The number of nitrogens with one attached hydrogen (secondary N) is 1. The zero-order valence-corrected chi connectivity index (χ0v) is 21.7. The van der Waals surface area contributed by atoms with Crippen LogP contribution < -0.4 is 16.0 Å². The molecule has 1 aromatic carbocycles. The van der Waals surface area contributed by atoms with Gasteiger partial charge in [0.2, 0.25) is 0 Å². The van der Waals surface area contributed by atoms with Gasteiger partial charge in [-0.2, -0.15) is 13.2 Å². The average molecular weight is 527 g/mol. The van der Waals surface area contributed by atoms with E-state index in [4.69, 9.17) is 5.73 Å². The lowest BCUT2D eigenvalue weighted by Crippen LogP contribution is -2.54. The van der Waals surface area contributed by atoms with Crippen LogP contribution in [0.25, 0.3) is 0 Å². The molecule has 3 atom stereocenters. The maximum Gasteiger partial charge on any atom is 0.418 e. The molecule has 0 radical (unpaired) electrons. The minimum Gasteiger partial charge on any atom is -0.387 e. The second-order valence-corrected chi connectivity index (χ2v) is 9.92. The Morgan fingerprint density at radius 1 is 1.18 bits per heavy atom. The number of nitrogens with two attached hydrogens (primary N) is 1. The molecule has 1 aliphatic heterocycles. The standard InChI is InChI=1S/C28H33F3N6O/c1-19(23-9-6-8-21-7-4-5-12-27(21,23)3)35-26(38)37-15-13-36(14-16-37)22-10-11-25(34-18-33-20(2)32)24(17-22)28(29,30)31/h4-12,17-19,21H,13-16H2,1-3H3,(H,35,38)(H2,32,33,34)/t19-,21?,27?/m0/s1. The molecule has 10 heteroatoms. The number of carbonyl (C=O) groups is 1. The van der Waals surface area contributed by atoms with E-state index in [1.54, 1.807) is 11.0 Å². The highest BCUT2D eigenvalue weighted by atomic mass is 19.4. The summed E-state index contributed by atoms with van der Waals surface area (Å²) in [4.78, 5) is 24.2. The van der Waals surface area contributed by atoms with Crippen molar-refractivity contribution in [1.82, 2.24) is 10.2 Å². The second kappa shape index (κ2) is 10.9. The van der Waals surface area contributed by atoms with Crippen molar-refractivity contribution in [1.29, 1.82) is 0 Å². The van der Waals surface area contributed by atoms with E-state index in [1.807, 2.05) is 30.1 Å². The lowest BCUT2D eigenvalue weighted by atomic mass is 9.65. The summed E-state index contributed by atoms with van der Waals surface area (Å²) in [5.74, 6) is 0.440. The summed E-state index contributed by atoms with van der Waals surface area (Å²) in [5, 5.41) is 3.12. The Labute approximate surface area is 221 Å². The number of nitrogens with zero attached hydrogens (tertiary/aromatic N) is 4. The van der Waals surface area contributed by atoms with Crippen LogP contribution in [-0.4, -0.2) is 55.3 Å². The van der Waals surface area contributed by atoms with Gasteiger partial charge in [-0.3, -0.25) is 0 Å². The third-order valence-corrected chi connectivity index (χ3v) is 7.26. The summed E-state index contributed by atoms with van der Waals surface area (Å²) in [6.07, 6.45) is 11.1. The van der Waals surface area contributed by atoms with Gasteiger partial charge in [0.15, 0.2) is 0 Å². The fourth-order valence-corrected chi connectivity index (χ4v) is 5.14. The molecule has 202 valence electrons. The number of fused-ring (bicyclic) bond motifs is 1. The van der Waals surface area contributed by atoms with Gasteiger partial charge in [0, 0.05) is 43.2 Å². The first-order chi connectivity index (χ1) is 18.0. The molecule has 1 saturated heterocycles. The highest BCUT2D eigenvalue weighted by Crippen LogP contribution is 2.44. The number of benzene rings is 1. The summed E-state index contributed by atoms with van der Waals surface area (Å²) < 4.78 is 41.2. The van der Waals surface area contributed by atoms with E-state index in [9.17, 15) is 18.0 Å². The molecule has 2 unspecified atom stereocenters. The minimum absolute atomic E-state index is 0.177. The summed E-state index contributed by atoms with van der Waals surface area (Å²) in [7, 11) is 0. The van der Waals surface area contributed by atoms with Crippen molar-refractivity contribution in [3.8, 4) is 0 Å². The number of alkyl halides is 3. The summed E-state index contributed by atoms with van der Waals surface area (Å²) in [5.41, 5.74) is 5.70. The molecule has 1 fully saturated rings. The largest absolute Gasteiger partial charge is 0.418 e. The normalized spacial score (nSPS) is 24.4. The fourth-order valence-electron chi connectivity index (χ4n) is 5.14. The van der Waals surface area contributed by atoms with Crippen LogP contribution in [0.1, 0.15) is 26.3 Å². The Kier molecular flexibility index (Phi) is 7.80. The number of urea groups is 1. The maximum absolute atomic E-state index is 13.7.